The first-order valence-corrected chi connectivity index (χ1v) is 10.7. The molecule has 5 nitrogen and oxygen atoms in total. The summed E-state index contributed by atoms with van der Waals surface area (Å²) in [5.41, 5.74) is -0.155. The first-order valence-electron chi connectivity index (χ1n) is 5.02. The fourth-order valence-corrected chi connectivity index (χ4v) is 3.14. The molecule has 0 aromatic heterocycles. The Kier molecular flexibility index (Phi) is 4.09. The molecule has 1 rings (SSSR count). The number of halogens is 1. The van der Waals surface area contributed by atoms with Crippen molar-refractivity contribution in [1.29, 1.82) is 0 Å². The van der Waals surface area contributed by atoms with Gasteiger partial charge in [-0.3, -0.25) is 0 Å². The zero-order valence-electron chi connectivity index (χ0n) is 10.1. The van der Waals surface area contributed by atoms with Gasteiger partial charge in [-0.15, -0.1) is 0 Å². The minimum absolute atomic E-state index is 0.0918. The maximum Gasteiger partial charge on any atom is 0.335 e. The van der Waals surface area contributed by atoms with Crippen molar-refractivity contribution < 1.29 is 22.7 Å². The van der Waals surface area contributed by atoms with Crippen LogP contribution in [0.1, 0.15) is 10.4 Å². The molecule has 0 aliphatic carbocycles. The number of carbonyl (C=O) groups is 1. The van der Waals surface area contributed by atoms with Crippen LogP contribution in [0.3, 0.4) is 0 Å². The third-order valence-corrected chi connectivity index (χ3v) is 4.04. The number of hydrogen-bond acceptors (Lipinski definition) is 4. The molecule has 8 heteroatoms. The second-order valence-electron chi connectivity index (χ2n) is 4.62. The van der Waals surface area contributed by atoms with E-state index in [1.54, 1.807) is 0 Å². The zero-order chi connectivity index (χ0) is 14.1. The van der Waals surface area contributed by atoms with Crippen LogP contribution in [0.25, 0.3) is 0 Å². The van der Waals surface area contributed by atoms with E-state index in [2.05, 4.69) is 0 Å². The van der Waals surface area contributed by atoms with Crippen LogP contribution >= 0.6 is 10.7 Å². The first-order chi connectivity index (χ1) is 8.00. The number of rotatable bonds is 4. The summed E-state index contributed by atoms with van der Waals surface area (Å²) in [4.78, 5) is 10.5. The Bertz CT molecular complexity index is 576. The summed E-state index contributed by atoms with van der Waals surface area (Å²) in [5.74, 6) is -1.13. The summed E-state index contributed by atoms with van der Waals surface area (Å²) < 4.78 is 28.4. The molecule has 0 bridgehead atoms. The van der Waals surface area contributed by atoms with Gasteiger partial charge < -0.3 is 9.53 Å². The van der Waals surface area contributed by atoms with Crippen LogP contribution in [0.15, 0.2) is 23.1 Å². The summed E-state index contributed by atoms with van der Waals surface area (Å²) in [5, 5.41) is 8.83. The van der Waals surface area contributed by atoms with Crippen LogP contribution in [-0.2, 0) is 9.05 Å². The minimum atomic E-state index is -4.06. The van der Waals surface area contributed by atoms with Gasteiger partial charge in [0.1, 0.15) is 10.6 Å². The predicted molar refractivity (Wildman–Crippen MR) is 70.4 cm³/mol. The highest BCUT2D eigenvalue weighted by atomic mass is 35.7. The van der Waals surface area contributed by atoms with E-state index in [0.29, 0.717) is 0 Å². The molecule has 0 unspecified atom stereocenters. The molecule has 1 N–H and O–H groups in total. The van der Waals surface area contributed by atoms with Crippen LogP contribution in [0.5, 0.6) is 5.75 Å². The van der Waals surface area contributed by atoms with Crippen LogP contribution in [0.2, 0.25) is 19.6 Å². The normalized spacial score (nSPS) is 12.2. The average Bonchev–Trinajstić information content (AvgIpc) is 2.13. The van der Waals surface area contributed by atoms with E-state index in [-0.39, 0.29) is 16.2 Å². The second-order valence-corrected chi connectivity index (χ2v) is 11.6. The molecule has 0 aliphatic rings. The molecule has 0 saturated heterocycles. The molecule has 0 aliphatic heterocycles. The summed E-state index contributed by atoms with van der Waals surface area (Å²) in [6.07, 6.45) is 0. The van der Waals surface area contributed by atoms with Gasteiger partial charge in [0.15, 0.2) is 0 Å². The van der Waals surface area contributed by atoms with Gasteiger partial charge in [0.05, 0.1) is 5.56 Å². The average molecular weight is 309 g/mol. The van der Waals surface area contributed by atoms with Crippen LogP contribution < -0.4 is 4.43 Å². The quantitative estimate of drug-likeness (QED) is 0.683. The maximum atomic E-state index is 11.4. The van der Waals surface area contributed by atoms with Gasteiger partial charge in [-0.1, -0.05) is 0 Å². The summed E-state index contributed by atoms with van der Waals surface area (Å²) in [6, 6.07) is 3.60. The summed E-state index contributed by atoms with van der Waals surface area (Å²) in [7, 11) is -0.795. The molecule has 1 aromatic rings. The first kappa shape index (κ1) is 15.0. The lowest BCUT2D eigenvalue weighted by Gasteiger charge is -2.20. The van der Waals surface area contributed by atoms with E-state index in [0.717, 1.165) is 6.07 Å². The molecule has 0 heterocycles. The van der Waals surface area contributed by atoms with Crippen molar-refractivity contribution in [1.82, 2.24) is 0 Å². The molecule has 0 amide bonds. The molecule has 0 saturated carbocycles. The van der Waals surface area contributed by atoms with Crippen molar-refractivity contribution in [3.63, 3.8) is 0 Å². The molecular formula is C10H13ClO5SSi. The standard InChI is InChI=1S/C10H13ClO5SSi/c1-18(2,3)16-8-5-4-7(10(12)13)6-9(8)17(11,14)15/h4-6H,1-3H3,(H,12,13). The lowest BCUT2D eigenvalue weighted by molar-refractivity contribution is 0.0696. The highest BCUT2D eigenvalue weighted by molar-refractivity contribution is 8.13. The molecular weight excluding hydrogens is 296 g/mol. The molecule has 0 spiro atoms. The Labute approximate surface area is 111 Å². The van der Waals surface area contributed by atoms with Crippen LogP contribution in [0.4, 0.5) is 0 Å². The van der Waals surface area contributed by atoms with E-state index in [1.165, 1.54) is 12.1 Å². The number of carboxylic acids is 1. The fraction of sp³-hybridized carbons (Fsp3) is 0.300. The molecule has 100 valence electrons. The van der Waals surface area contributed by atoms with Crippen molar-refractivity contribution in [2.24, 2.45) is 0 Å². The number of benzene rings is 1. The predicted octanol–water partition coefficient (Wildman–Crippen LogP) is 2.53. The van der Waals surface area contributed by atoms with E-state index in [1.807, 2.05) is 19.6 Å². The SMILES string of the molecule is C[Si](C)(C)Oc1ccc(C(=O)O)cc1S(=O)(=O)Cl. The Morgan fingerprint density at radius 3 is 2.28 bits per heavy atom. The topological polar surface area (TPSA) is 80.7 Å². The summed E-state index contributed by atoms with van der Waals surface area (Å²) >= 11 is 0. The smallest absolute Gasteiger partial charge is 0.335 e. The van der Waals surface area contributed by atoms with Crippen molar-refractivity contribution in [2.45, 2.75) is 24.5 Å². The maximum absolute atomic E-state index is 11.4. The van der Waals surface area contributed by atoms with Gasteiger partial charge >= 0.3 is 5.97 Å². The van der Waals surface area contributed by atoms with E-state index in [4.69, 9.17) is 20.2 Å². The number of hydrogen-bond donors (Lipinski definition) is 1. The van der Waals surface area contributed by atoms with Crippen molar-refractivity contribution >= 4 is 34.0 Å². The molecule has 0 radical (unpaired) electrons. The molecule has 18 heavy (non-hydrogen) atoms. The lowest BCUT2D eigenvalue weighted by atomic mass is 10.2. The largest absolute Gasteiger partial charge is 0.543 e. The van der Waals surface area contributed by atoms with Crippen molar-refractivity contribution in [3.8, 4) is 5.75 Å². The third kappa shape index (κ3) is 4.00. The highest BCUT2D eigenvalue weighted by Gasteiger charge is 2.24. The Balaban J connectivity index is 3.40. The third-order valence-electron chi connectivity index (χ3n) is 1.87. The number of aromatic carboxylic acids is 1. The van der Waals surface area contributed by atoms with Gasteiger partial charge in [-0.2, -0.15) is 0 Å². The minimum Gasteiger partial charge on any atom is -0.543 e. The van der Waals surface area contributed by atoms with Gasteiger partial charge in [-0.05, 0) is 37.8 Å². The monoisotopic (exact) mass is 308 g/mol. The zero-order valence-corrected chi connectivity index (χ0v) is 12.7. The van der Waals surface area contributed by atoms with Crippen molar-refractivity contribution in [3.05, 3.63) is 23.8 Å². The number of carboxylic acid groups (broad SMARTS) is 1. The molecule has 0 fully saturated rings. The van der Waals surface area contributed by atoms with E-state index < -0.39 is 23.3 Å². The van der Waals surface area contributed by atoms with Gasteiger partial charge in [0.25, 0.3) is 9.05 Å². The molecule has 1 aromatic carbocycles. The van der Waals surface area contributed by atoms with Gasteiger partial charge in [0, 0.05) is 10.7 Å². The van der Waals surface area contributed by atoms with Crippen molar-refractivity contribution in [2.75, 3.05) is 0 Å². The second kappa shape index (κ2) is 4.91. The highest BCUT2D eigenvalue weighted by Crippen LogP contribution is 2.30. The molecule has 0 atom stereocenters. The van der Waals surface area contributed by atoms with Crippen LogP contribution in [0, 0.1) is 0 Å². The summed E-state index contributed by atoms with van der Waals surface area (Å²) in [6.45, 7) is 5.63. The Hall–Kier alpha value is -1.05. The Morgan fingerprint density at radius 2 is 1.89 bits per heavy atom. The van der Waals surface area contributed by atoms with Crippen LogP contribution in [-0.4, -0.2) is 27.8 Å². The lowest BCUT2D eigenvalue weighted by Crippen LogP contribution is -2.30. The van der Waals surface area contributed by atoms with E-state index in [9.17, 15) is 13.2 Å². The fourth-order valence-electron chi connectivity index (χ4n) is 1.25. The van der Waals surface area contributed by atoms with E-state index >= 15 is 0 Å². The Morgan fingerprint density at radius 1 is 1.33 bits per heavy atom. The van der Waals surface area contributed by atoms with Gasteiger partial charge in [-0.25, -0.2) is 13.2 Å². The van der Waals surface area contributed by atoms with Gasteiger partial charge in [0.2, 0.25) is 8.32 Å².